The molecule has 0 aliphatic heterocycles. The summed E-state index contributed by atoms with van der Waals surface area (Å²) in [6.07, 6.45) is 36.5. The van der Waals surface area contributed by atoms with E-state index in [1.807, 2.05) is 6.92 Å². The predicted octanol–water partition coefficient (Wildman–Crippen LogP) is 8.80. The van der Waals surface area contributed by atoms with Gasteiger partial charge in [-0.2, -0.15) is 0 Å². The monoisotopic (exact) mass is 504 g/mol. The molecule has 1 atom stereocenters. The average Bonchev–Trinajstić information content (AvgIpc) is 2.89. The molecule has 0 bridgehead atoms. The first kappa shape index (κ1) is 34.4. The standard InChI is InChI=1S/C32H56O4/c1-3-5-7-8-9-10-11-12-13-14-15-16-17-18-19-20-21-22-23-24-25-26-28-35-30-31(29-33)36-32(34)27-6-4-2/h5,7,9-10,12-13,15-16,31,33H,3-4,6,8,11,14,17-30H2,1-2H3/b7-5-,10-9-,13-12-,16-15-. The Morgan fingerprint density at radius 3 is 1.78 bits per heavy atom. The van der Waals surface area contributed by atoms with Gasteiger partial charge in [-0.1, -0.05) is 114 Å². The topological polar surface area (TPSA) is 55.8 Å². The maximum Gasteiger partial charge on any atom is 0.306 e. The Morgan fingerprint density at radius 2 is 1.22 bits per heavy atom. The van der Waals surface area contributed by atoms with Crippen LogP contribution < -0.4 is 0 Å². The Hall–Kier alpha value is -1.65. The van der Waals surface area contributed by atoms with Gasteiger partial charge in [0.2, 0.25) is 0 Å². The molecule has 0 spiro atoms. The van der Waals surface area contributed by atoms with E-state index in [0.29, 0.717) is 13.0 Å². The zero-order chi connectivity index (χ0) is 26.4. The van der Waals surface area contributed by atoms with Crippen LogP contribution in [0.1, 0.15) is 123 Å². The highest BCUT2D eigenvalue weighted by Crippen LogP contribution is 2.11. The first-order valence-corrected chi connectivity index (χ1v) is 14.7. The molecule has 1 unspecified atom stereocenters. The third-order valence-corrected chi connectivity index (χ3v) is 5.92. The summed E-state index contributed by atoms with van der Waals surface area (Å²) in [5.74, 6) is -0.241. The van der Waals surface area contributed by atoms with Gasteiger partial charge in [-0.05, 0) is 51.4 Å². The smallest absolute Gasteiger partial charge is 0.306 e. The van der Waals surface area contributed by atoms with E-state index in [1.165, 1.54) is 57.8 Å². The molecule has 0 heterocycles. The molecule has 0 saturated heterocycles. The van der Waals surface area contributed by atoms with Crippen LogP contribution in [0.15, 0.2) is 48.6 Å². The van der Waals surface area contributed by atoms with Gasteiger partial charge in [0.15, 0.2) is 0 Å². The summed E-state index contributed by atoms with van der Waals surface area (Å²) in [5.41, 5.74) is 0. The lowest BCUT2D eigenvalue weighted by Gasteiger charge is -2.15. The van der Waals surface area contributed by atoms with Crippen molar-refractivity contribution in [1.29, 1.82) is 0 Å². The molecular formula is C32H56O4. The molecule has 4 heteroatoms. The number of allylic oxidation sites excluding steroid dienone is 8. The highest BCUT2D eigenvalue weighted by Gasteiger charge is 2.13. The number of aliphatic hydroxyl groups is 1. The van der Waals surface area contributed by atoms with E-state index in [2.05, 4.69) is 55.5 Å². The molecule has 0 aromatic rings. The van der Waals surface area contributed by atoms with Crippen molar-refractivity contribution in [2.45, 2.75) is 129 Å². The van der Waals surface area contributed by atoms with E-state index in [-0.39, 0.29) is 19.2 Å². The Labute approximate surface area is 222 Å². The highest BCUT2D eigenvalue weighted by atomic mass is 16.6. The van der Waals surface area contributed by atoms with Crippen LogP contribution in [0.5, 0.6) is 0 Å². The molecule has 1 N–H and O–H groups in total. The van der Waals surface area contributed by atoms with Crippen LogP contribution in [0.4, 0.5) is 0 Å². The van der Waals surface area contributed by atoms with Crippen molar-refractivity contribution in [2.24, 2.45) is 0 Å². The van der Waals surface area contributed by atoms with Gasteiger partial charge in [0.1, 0.15) is 6.10 Å². The Morgan fingerprint density at radius 1 is 0.694 bits per heavy atom. The van der Waals surface area contributed by atoms with Gasteiger partial charge in [0.25, 0.3) is 0 Å². The number of hydrogen-bond donors (Lipinski definition) is 1. The van der Waals surface area contributed by atoms with Gasteiger partial charge in [-0.15, -0.1) is 0 Å². The number of unbranched alkanes of at least 4 members (excludes halogenated alkanes) is 10. The fourth-order valence-corrected chi connectivity index (χ4v) is 3.71. The largest absolute Gasteiger partial charge is 0.457 e. The van der Waals surface area contributed by atoms with Crippen molar-refractivity contribution in [3.8, 4) is 0 Å². The molecule has 0 aromatic heterocycles. The zero-order valence-corrected chi connectivity index (χ0v) is 23.5. The number of aliphatic hydroxyl groups excluding tert-OH is 1. The second kappa shape index (κ2) is 29.6. The van der Waals surface area contributed by atoms with E-state index in [1.54, 1.807) is 0 Å². The maximum absolute atomic E-state index is 11.6. The Balaban J connectivity index is 3.38. The summed E-state index contributed by atoms with van der Waals surface area (Å²) in [4.78, 5) is 11.6. The van der Waals surface area contributed by atoms with Crippen LogP contribution in [-0.4, -0.2) is 37.0 Å². The minimum atomic E-state index is -0.530. The van der Waals surface area contributed by atoms with E-state index in [4.69, 9.17) is 9.47 Å². The van der Waals surface area contributed by atoms with Crippen LogP contribution in [0.3, 0.4) is 0 Å². The van der Waals surface area contributed by atoms with Gasteiger partial charge in [-0.25, -0.2) is 0 Å². The first-order chi connectivity index (χ1) is 17.7. The molecule has 0 aliphatic carbocycles. The normalized spacial score (nSPS) is 13.1. The lowest BCUT2D eigenvalue weighted by Crippen LogP contribution is -2.27. The molecule has 0 fully saturated rings. The lowest BCUT2D eigenvalue weighted by atomic mass is 10.1. The molecule has 36 heavy (non-hydrogen) atoms. The fraction of sp³-hybridized carbons (Fsp3) is 0.719. The van der Waals surface area contributed by atoms with E-state index >= 15 is 0 Å². The minimum absolute atomic E-state index is 0.179. The average molecular weight is 505 g/mol. The van der Waals surface area contributed by atoms with Crippen LogP contribution in [0, 0.1) is 0 Å². The summed E-state index contributed by atoms with van der Waals surface area (Å²) < 4.78 is 10.8. The molecule has 4 nitrogen and oxygen atoms in total. The van der Waals surface area contributed by atoms with Gasteiger partial charge < -0.3 is 14.6 Å². The number of esters is 1. The van der Waals surface area contributed by atoms with Crippen molar-refractivity contribution >= 4 is 5.97 Å². The van der Waals surface area contributed by atoms with Crippen LogP contribution >= 0.6 is 0 Å². The van der Waals surface area contributed by atoms with Crippen LogP contribution in [0.25, 0.3) is 0 Å². The molecule has 0 aliphatic rings. The Bertz CT molecular complexity index is 577. The summed E-state index contributed by atoms with van der Waals surface area (Å²) >= 11 is 0. The second-order valence-corrected chi connectivity index (χ2v) is 9.44. The van der Waals surface area contributed by atoms with E-state index in [0.717, 1.165) is 44.9 Å². The van der Waals surface area contributed by atoms with E-state index in [9.17, 15) is 9.90 Å². The number of rotatable bonds is 26. The molecule has 0 saturated carbocycles. The number of carbonyl (C=O) groups is 1. The van der Waals surface area contributed by atoms with Crippen molar-refractivity contribution in [3.63, 3.8) is 0 Å². The number of carbonyl (C=O) groups excluding carboxylic acids is 1. The third kappa shape index (κ3) is 26.9. The highest BCUT2D eigenvalue weighted by molar-refractivity contribution is 5.69. The summed E-state index contributed by atoms with van der Waals surface area (Å²) in [7, 11) is 0. The van der Waals surface area contributed by atoms with Crippen LogP contribution in [-0.2, 0) is 14.3 Å². The molecule has 0 radical (unpaired) electrons. The number of hydrogen-bond acceptors (Lipinski definition) is 4. The lowest BCUT2D eigenvalue weighted by molar-refractivity contribution is -0.154. The van der Waals surface area contributed by atoms with Crippen molar-refractivity contribution in [2.75, 3.05) is 19.8 Å². The summed E-state index contributed by atoms with van der Waals surface area (Å²) in [6, 6.07) is 0. The SMILES string of the molecule is CC/C=C\C/C=C\C/C=C\C/C=C\CCCCCCCCCCCOCC(CO)OC(=O)CCCC. The first-order valence-electron chi connectivity index (χ1n) is 14.7. The Kier molecular flexibility index (Phi) is 28.2. The van der Waals surface area contributed by atoms with Crippen LogP contribution in [0.2, 0.25) is 0 Å². The second-order valence-electron chi connectivity index (χ2n) is 9.44. The van der Waals surface area contributed by atoms with Crippen molar-refractivity contribution in [1.82, 2.24) is 0 Å². The maximum atomic E-state index is 11.6. The van der Waals surface area contributed by atoms with Crippen molar-refractivity contribution < 1.29 is 19.4 Å². The van der Waals surface area contributed by atoms with Gasteiger partial charge >= 0.3 is 5.97 Å². The minimum Gasteiger partial charge on any atom is -0.457 e. The van der Waals surface area contributed by atoms with E-state index < -0.39 is 6.10 Å². The van der Waals surface area contributed by atoms with Gasteiger partial charge in [-0.3, -0.25) is 4.79 Å². The quantitative estimate of drug-likeness (QED) is 0.0726. The summed E-state index contributed by atoms with van der Waals surface area (Å²) in [5, 5.41) is 9.32. The predicted molar refractivity (Wildman–Crippen MR) is 154 cm³/mol. The van der Waals surface area contributed by atoms with Gasteiger partial charge in [0, 0.05) is 13.0 Å². The third-order valence-electron chi connectivity index (χ3n) is 5.92. The van der Waals surface area contributed by atoms with Gasteiger partial charge in [0.05, 0.1) is 13.2 Å². The number of ether oxygens (including phenoxy) is 2. The summed E-state index contributed by atoms with van der Waals surface area (Å²) in [6.45, 7) is 4.97. The fourth-order valence-electron chi connectivity index (χ4n) is 3.71. The molecule has 0 rings (SSSR count). The zero-order valence-electron chi connectivity index (χ0n) is 23.5. The molecular weight excluding hydrogens is 448 g/mol. The molecule has 0 amide bonds. The molecule has 208 valence electrons. The van der Waals surface area contributed by atoms with Crippen molar-refractivity contribution in [3.05, 3.63) is 48.6 Å². The molecule has 0 aromatic carbocycles.